The van der Waals surface area contributed by atoms with Crippen molar-refractivity contribution in [2.45, 2.75) is 6.92 Å². The summed E-state index contributed by atoms with van der Waals surface area (Å²) in [5.41, 5.74) is 1.89. The van der Waals surface area contributed by atoms with Gasteiger partial charge in [-0.1, -0.05) is 31.9 Å². The molecule has 0 amide bonds. The van der Waals surface area contributed by atoms with Gasteiger partial charge in [0.15, 0.2) is 0 Å². The van der Waals surface area contributed by atoms with Crippen LogP contribution in [-0.2, 0) is 0 Å². The van der Waals surface area contributed by atoms with Crippen LogP contribution in [0.25, 0.3) is 21.8 Å². The number of benzene rings is 2. The lowest BCUT2D eigenvalue weighted by molar-refractivity contribution is 0.0946. The minimum atomic E-state index is 0.0274. The lowest BCUT2D eigenvalue weighted by Gasteiger charge is -2.01. The van der Waals surface area contributed by atoms with Crippen molar-refractivity contribution in [3.8, 4) is 0 Å². The van der Waals surface area contributed by atoms with Crippen molar-refractivity contribution in [1.29, 1.82) is 0 Å². The Balaban J connectivity index is 2.60. The van der Waals surface area contributed by atoms with Crippen molar-refractivity contribution >= 4 is 59.6 Å². The number of halogens is 2. The van der Waals surface area contributed by atoms with Gasteiger partial charge >= 0.3 is 0 Å². The first-order chi connectivity index (χ1) is 8.58. The molecule has 1 heterocycles. The number of rotatable bonds is 0. The smallest absolute Gasteiger partial charge is 0.228 e. The van der Waals surface area contributed by atoms with Crippen LogP contribution in [0, 0.1) is 0 Å². The third-order valence-electron chi connectivity index (χ3n) is 3.00. The van der Waals surface area contributed by atoms with E-state index in [4.69, 9.17) is 0 Å². The van der Waals surface area contributed by atoms with Crippen LogP contribution in [0.1, 0.15) is 11.7 Å². The fraction of sp³-hybridized carbons (Fsp3) is 0.0714. The SMILES string of the molecule is CC(=O)n1c2ccc(Br)cc2c2cc(Br)ccc21. The molecule has 0 saturated heterocycles. The summed E-state index contributed by atoms with van der Waals surface area (Å²) in [6.07, 6.45) is 0. The Bertz CT molecular complexity index is 730. The molecule has 2 aromatic carbocycles. The van der Waals surface area contributed by atoms with Gasteiger partial charge in [-0.25, -0.2) is 0 Å². The van der Waals surface area contributed by atoms with E-state index >= 15 is 0 Å². The Hall–Kier alpha value is -1.13. The standard InChI is InChI=1S/C14H9Br2NO/c1-8(18)17-13-4-2-9(15)6-11(13)12-7-10(16)3-5-14(12)17/h2-7H,1H3. The zero-order valence-electron chi connectivity index (χ0n) is 9.58. The van der Waals surface area contributed by atoms with E-state index in [-0.39, 0.29) is 5.91 Å². The lowest BCUT2D eigenvalue weighted by Crippen LogP contribution is -2.04. The van der Waals surface area contributed by atoms with E-state index in [0.717, 1.165) is 30.8 Å². The second-order valence-electron chi connectivity index (χ2n) is 4.18. The molecule has 0 radical (unpaired) electrons. The summed E-state index contributed by atoms with van der Waals surface area (Å²) in [7, 11) is 0. The van der Waals surface area contributed by atoms with Gasteiger partial charge in [-0.15, -0.1) is 0 Å². The zero-order valence-corrected chi connectivity index (χ0v) is 12.7. The molecule has 0 N–H and O–H groups in total. The van der Waals surface area contributed by atoms with Crippen molar-refractivity contribution in [3.05, 3.63) is 45.3 Å². The quantitative estimate of drug-likeness (QED) is 0.550. The minimum Gasteiger partial charge on any atom is -0.280 e. The van der Waals surface area contributed by atoms with Crippen LogP contribution in [0.2, 0.25) is 0 Å². The topological polar surface area (TPSA) is 22.0 Å². The van der Waals surface area contributed by atoms with Crippen LogP contribution in [0.3, 0.4) is 0 Å². The van der Waals surface area contributed by atoms with Gasteiger partial charge in [-0.05, 0) is 36.4 Å². The van der Waals surface area contributed by atoms with Crippen molar-refractivity contribution in [2.75, 3.05) is 0 Å². The van der Waals surface area contributed by atoms with E-state index < -0.39 is 0 Å². The average molecular weight is 367 g/mol. The molecule has 3 rings (SSSR count). The Morgan fingerprint density at radius 1 is 0.944 bits per heavy atom. The first-order valence-corrected chi connectivity index (χ1v) is 7.06. The summed E-state index contributed by atoms with van der Waals surface area (Å²) in [5, 5.41) is 2.16. The van der Waals surface area contributed by atoms with Gasteiger partial charge in [-0.3, -0.25) is 9.36 Å². The maximum Gasteiger partial charge on any atom is 0.228 e. The first kappa shape index (κ1) is 11.9. The molecule has 4 heteroatoms. The van der Waals surface area contributed by atoms with Gasteiger partial charge in [0.1, 0.15) is 0 Å². The Morgan fingerprint density at radius 3 is 1.78 bits per heavy atom. The van der Waals surface area contributed by atoms with Gasteiger partial charge in [0.2, 0.25) is 5.91 Å². The van der Waals surface area contributed by atoms with Crippen molar-refractivity contribution in [1.82, 2.24) is 4.57 Å². The van der Waals surface area contributed by atoms with Gasteiger partial charge in [0.05, 0.1) is 11.0 Å². The minimum absolute atomic E-state index is 0.0274. The van der Waals surface area contributed by atoms with E-state index in [2.05, 4.69) is 31.9 Å². The maximum atomic E-state index is 11.8. The van der Waals surface area contributed by atoms with Crippen LogP contribution in [0.4, 0.5) is 0 Å². The average Bonchev–Trinajstić information content (AvgIpc) is 2.62. The molecule has 0 atom stereocenters. The third-order valence-corrected chi connectivity index (χ3v) is 3.99. The Kier molecular flexibility index (Phi) is 2.79. The van der Waals surface area contributed by atoms with Crippen molar-refractivity contribution in [3.63, 3.8) is 0 Å². The van der Waals surface area contributed by atoms with E-state index in [9.17, 15) is 4.79 Å². The molecular weight excluding hydrogens is 358 g/mol. The van der Waals surface area contributed by atoms with Gasteiger partial charge < -0.3 is 0 Å². The van der Waals surface area contributed by atoms with Gasteiger partial charge in [-0.2, -0.15) is 0 Å². The molecule has 0 unspecified atom stereocenters. The molecule has 1 aromatic heterocycles. The van der Waals surface area contributed by atoms with E-state index in [1.54, 1.807) is 11.5 Å². The predicted molar refractivity (Wildman–Crippen MR) is 81.1 cm³/mol. The van der Waals surface area contributed by atoms with Crippen LogP contribution in [0.5, 0.6) is 0 Å². The maximum absolute atomic E-state index is 11.8. The van der Waals surface area contributed by atoms with Crippen LogP contribution < -0.4 is 0 Å². The molecule has 3 aromatic rings. The monoisotopic (exact) mass is 365 g/mol. The molecule has 0 saturated carbocycles. The first-order valence-electron chi connectivity index (χ1n) is 5.48. The molecule has 2 nitrogen and oxygen atoms in total. The number of carbonyl (C=O) groups is 1. The highest BCUT2D eigenvalue weighted by Gasteiger charge is 2.13. The van der Waals surface area contributed by atoms with Crippen LogP contribution in [-0.4, -0.2) is 10.5 Å². The second-order valence-corrected chi connectivity index (χ2v) is 6.01. The summed E-state index contributed by atoms with van der Waals surface area (Å²) in [4.78, 5) is 11.8. The van der Waals surface area contributed by atoms with Crippen LogP contribution in [0.15, 0.2) is 45.3 Å². The molecule has 0 aliphatic carbocycles. The van der Waals surface area contributed by atoms with E-state index in [0.29, 0.717) is 0 Å². The molecule has 0 aliphatic heterocycles. The van der Waals surface area contributed by atoms with Crippen LogP contribution >= 0.6 is 31.9 Å². The molecule has 0 fully saturated rings. The number of carbonyl (C=O) groups excluding carboxylic acids is 1. The van der Waals surface area contributed by atoms with Gasteiger partial charge in [0.25, 0.3) is 0 Å². The molecule has 0 spiro atoms. The molecule has 18 heavy (non-hydrogen) atoms. The zero-order chi connectivity index (χ0) is 12.9. The number of fused-ring (bicyclic) bond motifs is 3. The van der Waals surface area contributed by atoms with Crippen molar-refractivity contribution in [2.24, 2.45) is 0 Å². The number of hydrogen-bond acceptors (Lipinski definition) is 1. The summed E-state index contributed by atoms with van der Waals surface area (Å²) in [6.45, 7) is 1.59. The van der Waals surface area contributed by atoms with Gasteiger partial charge in [0, 0.05) is 26.6 Å². The fourth-order valence-electron chi connectivity index (χ4n) is 2.31. The van der Waals surface area contributed by atoms with E-state index in [1.807, 2.05) is 36.4 Å². The fourth-order valence-corrected chi connectivity index (χ4v) is 3.03. The van der Waals surface area contributed by atoms with Crippen molar-refractivity contribution < 1.29 is 4.79 Å². The molecule has 90 valence electrons. The van der Waals surface area contributed by atoms with E-state index in [1.165, 1.54) is 0 Å². The molecular formula is C14H9Br2NO. The second kappa shape index (κ2) is 4.21. The predicted octanol–water partition coefficient (Wildman–Crippen LogP) is 4.98. The summed E-state index contributed by atoms with van der Waals surface area (Å²) >= 11 is 6.95. The summed E-state index contributed by atoms with van der Waals surface area (Å²) in [6, 6.07) is 11.9. The molecule has 0 aliphatic rings. The lowest BCUT2D eigenvalue weighted by atomic mass is 10.2. The summed E-state index contributed by atoms with van der Waals surface area (Å²) < 4.78 is 3.78. The highest BCUT2D eigenvalue weighted by molar-refractivity contribution is 9.10. The number of aromatic nitrogens is 1. The normalized spacial score (nSPS) is 11.3. The Labute approximate surface area is 121 Å². The summed E-state index contributed by atoms with van der Waals surface area (Å²) in [5.74, 6) is 0.0274. The third kappa shape index (κ3) is 1.71. The Morgan fingerprint density at radius 2 is 1.39 bits per heavy atom. The highest BCUT2D eigenvalue weighted by atomic mass is 79.9. The largest absolute Gasteiger partial charge is 0.280 e. The number of hydrogen-bond donors (Lipinski definition) is 0. The molecule has 0 bridgehead atoms. The highest BCUT2D eigenvalue weighted by Crippen LogP contribution is 2.32. The number of nitrogens with zero attached hydrogens (tertiary/aromatic N) is 1.